The second-order valence-corrected chi connectivity index (χ2v) is 6.45. The predicted octanol–water partition coefficient (Wildman–Crippen LogP) is 2.73. The van der Waals surface area contributed by atoms with Crippen LogP contribution in [0, 0.1) is 0 Å². The van der Waals surface area contributed by atoms with Crippen molar-refractivity contribution in [2.45, 2.75) is 38.1 Å². The highest BCUT2D eigenvalue weighted by atomic mass is 35.5. The van der Waals surface area contributed by atoms with E-state index < -0.39 is 10.0 Å². The van der Waals surface area contributed by atoms with Gasteiger partial charge in [-0.3, -0.25) is 0 Å². The molecule has 1 unspecified atom stereocenters. The Labute approximate surface area is 114 Å². The topological polar surface area (TPSA) is 63.4 Å². The summed E-state index contributed by atoms with van der Waals surface area (Å²) < 4.78 is 26.4. The molecule has 4 nitrogen and oxygen atoms in total. The summed E-state index contributed by atoms with van der Waals surface area (Å²) in [5, 5.41) is 0.362. The van der Waals surface area contributed by atoms with Gasteiger partial charge in [-0.2, -0.15) is 4.31 Å². The van der Waals surface area contributed by atoms with E-state index in [2.05, 4.69) is 0 Å². The SMILES string of the molecule is CCC(C)N(CC)S(=O)(=O)c1ccc(Cl)c(N)c1. The van der Waals surface area contributed by atoms with Gasteiger partial charge in [0, 0.05) is 12.6 Å². The van der Waals surface area contributed by atoms with Crippen molar-refractivity contribution in [3.8, 4) is 0 Å². The fourth-order valence-corrected chi connectivity index (χ4v) is 3.61. The minimum atomic E-state index is -3.51. The van der Waals surface area contributed by atoms with Crippen molar-refractivity contribution in [2.24, 2.45) is 0 Å². The van der Waals surface area contributed by atoms with Crippen LogP contribution in [0.5, 0.6) is 0 Å². The molecule has 6 heteroatoms. The minimum Gasteiger partial charge on any atom is -0.397 e. The fraction of sp³-hybridized carbons (Fsp3) is 0.500. The summed E-state index contributed by atoms with van der Waals surface area (Å²) in [5.74, 6) is 0. The molecule has 102 valence electrons. The molecular weight excluding hydrogens is 272 g/mol. The molecule has 1 aromatic rings. The lowest BCUT2D eigenvalue weighted by Gasteiger charge is -2.26. The monoisotopic (exact) mass is 290 g/mol. The number of rotatable bonds is 5. The van der Waals surface area contributed by atoms with Crippen molar-refractivity contribution in [1.29, 1.82) is 0 Å². The maximum atomic E-state index is 12.5. The zero-order valence-corrected chi connectivity index (χ0v) is 12.4. The third kappa shape index (κ3) is 2.96. The molecular formula is C12H19ClN2O2S. The van der Waals surface area contributed by atoms with Crippen LogP contribution in [0.3, 0.4) is 0 Å². The van der Waals surface area contributed by atoms with Gasteiger partial charge < -0.3 is 5.73 Å². The number of anilines is 1. The molecule has 0 aliphatic carbocycles. The molecule has 0 radical (unpaired) electrons. The lowest BCUT2D eigenvalue weighted by molar-refractivity contribution is 0.342. The third-order valence-corrected chi connectivity index (χ3v) is 5.40. The maximum absolute atomic E-state index is 12.5. The van der Waals surface area contributed by atoms with Crippen molar-refractivity contribution >= 4 is 27.3 Å². The first-order valence-electron chi connectivity index (χ1n) is 5.91. The van der Waals surface area contributed by atoms with E-state index in [0.717, 1.165) is 6.42 Å². The molecule has 0 aliphatic rings. The number of sulfonamides is 1. The van der Waals surface area contributed by atoms with Crippen molar-refractivity contribution in [3.05, 3.63) is 23.2 Å². The molecule has 0 spiro atoms. The summed E-state index contributed by atoms with van der Waals surface area (Å²) in [6.07, 6.45) is 0.760. The average molecular weight is 291 g/mol. The highest BCUT2D eigenvalue weighted by molar-refractivity contribution is 7.89. The Morgan fingerprint density at radius 1 is 1.39 bits per heavy atom. The Hall–Kier alpha value is -0.780. The van der Waals surface area contributed by atoms with Crippen LogP contribution < -0.4 is 5.73 Å². The first kappa shape index (κ1) is 15.3. The first-order chi connectivity index (χ1) is 8.34. The highest BCUT2D eigenvalue weighted by Crippen LogP contribution is 2.25. The average Bonchev–Trinajstić information content (AvgIpc) is 2.32. The molecule has 0 bridgehead atoms. The van der Waals surface area contributed by atoms with Gasteiger partial charge >= 0.3 is 0 Å². The summed E-state index contributed by atoms with van der Waals surface area (Å²) in [5.41, 5.74) is 5.93. The van der Waals surface area contributed by atoms with E-state index in [1.165, 1.54) is 22.5 Å². The van der Waals surface area contributed by atoms with Crippen molar-refractivity contribution in [1.82, 2.24) is 4.31 Å². The van der Waals surface area contributed by atoms with Crippen molar-refractivity contribution in [3.63, 3.8) is 0 Å². The Morgan fingerprint density at radius 3 is 2.44 bits per heavy atom. The molecule has 1 aromatic carbocycles. The van der Waals surface area contributed by atoms with E-state index in [1.807, 2.05) is 20.8 Å². The van der Waals surface area contributed by atoms with Gasteiger partial charge in [0.1, 0.15) is 0 Å². The number of nitrogen functional groups attached to an aromatic ring is 1. The van der Waals surface area contributed by atoms with Crippen molar-refractivity contribution in [2.75, 3.05) is 12.3 Å². The largest absolute Gasteiger partial charge is 0.397 e. The van der Waals surface area contributed by atoms with Crippen LogP contribution >= 0.6 is 11.6 Å². The molecule has 18 heavy (non-hydrogen) atoms. The van der Waals surface area contributed by atoms with Crippen LogP contribution in [-0.2, 0) is 10.0 Å². The number of hydrogen-bond donors (Lipinski definition) is 1. The van der Waals surface area contributed by atoms with Gasteiger partial charge in [0.2, 0.25) is 10.0 Å². The number of benzene rings is 1. The molecule has 0 aliphatic heterocycles. The molecule has 1 rings (SSSR count). The van der Waals surface area contributed by atoms with Gasteiger partial charge in [-0.05, 0) is 31.5 Å². The Bertz CT molecular complexity index is 517. The molecule has 0 aromatic heterocycles. The van der Waals surface area contributed by atoms with E-state index >= 15 is 0 Å². The van der Waals surface area contributed by atoms with Gasteiger partial charge in [-0.1, -0.05) is 25.4 Å². The lowest BCUT2D eigenvalue weighted by atomic mass is 10.3. The van der Waals surface area contributed by atoms with E-state index in [0.29, 0.717) is 11.6 Å². The van der Waals surface area contributed by atoms with Crippen LogP contribution in [0.2, 0.25) is 5.02 Å². The van der Waals surface area contributed by atoms with Gasteiger partial charge in [0.25, 0.3) is 0 Å². The third-order valence-electron chi connectivity index (χ3n) is 2.97. The molecule has 2 N–H and O–H groups in total. The van der Waals surface area contributed by atoms with Gasteiger partial charge in [0.15, 0.2) is 0 Å². The summed E-state index contributed by atoms with van der Waals surface area (Å²) in [6, 6.07) is 4.35. The van der Waals surface area contributed by atoms with Gasteiger partial charge in [-0.25, -0.2) is 8.42 Å². The van der Waals surface area contributed by atoms with E-state index in [-0.39, 0.29) is 16.6 Å². The second kappa shape index (κ2) is 5.91. The standard InChI is InChI=1S/C12H19ClN2O2S/c1-4-9(3)15(5-2)18(16,17)10-6-7-11(13)12(14)8-10/h6-9H,4-5,14H2,1-3H3. The Morgan fingerprint density at radius 2 is 2.00 bits per heavy atom. The number of nitrogens with two attached hydrogens (primary N) is 1. The van der Waals surface area contributed by atoms with Crippen LogP contribution in [0.15, 0.2) is 23.1 Å². The maximum Gasteiger partial charge on any atom is 0.243 e. The second-order valence-electron chi connectivity index (χ2n) is 4.15. The fourth-order valence-electron chi connectivity index (χ4n) is 1.74. The van der Waals surface area contributed by atoms with Gasteiger partial charge in [-0.15, -0.1) is 0 Å². The summed E-state index contributed by atoms with van der Waals surface area (Å²) in [7, 11) is -3.51. The minimum absolute atomic E-state index is 0.0445. The molecule has 1 atom stereocenters. The summed E-state index contributed by atoms with van der Waals surface area (Å²) >= 11 is 5.80. The van der Waals surface area contributed by atoms with Crippen LogP contribution in [0.25, 0.3) is 0 Å². The first-order valence-corrected chi connectivity index (χ1v) is 7.73. The van der Waals surface area contributed by atoms with Crippen LogP contribution in [0.4, 0.5) is 5.69 Å². The normalized spacial score (nSPS) is 13.8. The van der Waals surface area contributed by atoms with Gasteiger partial charge in [0.05, 0.1) is 15.6 Å². The Kier molecular flexibility index (Phi) is 5.01. The molecule has 0 amide bonds. The lowest BCUT2D eigenvalue weighted by Crippen LogP contribution is -2.38. The Balaban J connectivity index is 3.23. The smallest absolute Gasteiger partial charge is 0.243 e. The molecule has 0 heterocycles. The predicted molar refractivity (Wildman–Crippen MR) is 75.2 cm³/mol. The number of halogens is 1. The zero-order valence-electron chi connectivity index (χ0n) is 10.9. The quantitative estimate of drug-likeness (QED) is 0.848. The molecule has 0 fully saturated rings. The number of hydrogen-bond acceptors (Lipinski definition) is 3. The summed E-state index contributed by atoms with van der Waals surface area (Å²) in [6.45, 7) is 6.10. The van der Waals surface area contributed by atoms with E-state index in [1.54, 1.807) is 0 Å². The molecule has 0 saturated heterocycles. The van der Waals surface area contributed by atoms with E-state index in [9.17, 15) is 8.42 Å². The van der Waals surface area contributed by atoms with Crippen LogP contribution in [0.1, 0.15) is 27.2 Å². The zero-order chi connectivity index (χ0) is 13.9. The van der Waals surface area contributed by atoms with Crippen LogP contribution in [-0.4, -0.2) is 25.3 Å². The van der Waals surface area contributed by atoms with Crippen molar-refractivity contribution < 1.29 is 8.42 Å². The number of nitrogens with zero attached hydrogens (tertiary/aromatic N) is 1. The summed E-state index contributed by atoms with van der Waals surface area (Å²) in [4.78, 5) is 0.187. The highest BCUT2D eigenvalue weighted by Gasteiger charge is 2.27. The van der Waals surface area contributed by atoms with E-state index in [4.69, 9.17) is 17.3 Å². The molecule has 0 saturated carbocycles.